The quantitative estimate of drug-likeness (QED) is 0.623. The lowest BCUT2D eigenvalue weighted by Crippen LogP contribution is -1.87. The van der Waals surface area contributed by atoms with Gasteiger partial charge in [0.1, 0.15) is 16.4 Å². The Morgan fingerprint density at radius 1 is 1.27 bits per heavy atom. The standard InChI is InChI=1S/C9H9N5S/c1-6-11-14-5-8(10-9(14)15-6)7-3-4-13(2)12-7/h3-5H,1-2H3. The first-order valence-electron chi connectivity index (χ1n) is 4.55. The summed E-state index contributed by atoms with van der Waals surface area (Å²) in [4.78, 5) is 5.37. The average Bonchev–Trinajstić information content (AvgIpc) is 2.78. The Balaban J connectivity index is 2.15. The van der Waals surface area contributed by atoms with Crippen molar-refractivity contribution in [3.63, 3.8) is 0 Å². The van der Waals surface area contributed by atoms with Gasteiger partial charge in [-0.25, -0.2) is 9.50 Å². The van der Waals surface area contributed by atoms with Crippen molar-refractivity contribution in [3.8, 4) is 11.4 Å². The third kappa shape index (κ3) is 1.33. The topological polar surface area (TPSA) is 48.0 Å². The summed E-state index contributed by atoms with van der Waals surface area (Å²) >= 11 is 1.58. The summed E-state index contributed by atoms with van der Waals surface area (Å²) in [6.07, 6.45) is 3.81. The summed E-state index contributed by atoms with van der Waals surface area (Å²) in [6.45, 7) is 1.97. The number of aryl methyl sites for hydroxylation is 2. The van der Waals surface area contributed by atoms with Crippen LogP contribution in [-0.4, -0.2) is 24.4 Å². The van der Waals surface area contributed by atoms with E-state index >= 15 is 0 Å². The second-order valence-corrected chi connectivity index (χ2v) is 4.51. The van der Waals surface area contributed by atoms with Crippen molar-refractivity contribution in [1.29, 1.82) is 0 Å². The summed E-state index contributed by atoms with van der Waals surface area (Å²) in [5.74, 6) is 0. The van der Waals surface area contributed by atoms with Crippen LogP contribution in [0.2, 0.25) is 0 Å². The summed E-state index contributed by atoms with van der Waals surface area (Å²) in [6, 6.07) is 1.94. The van der Waals surface area contributed by atoms with Crippen LogP contribution in [0.3, 0.4) is 0 Å². The zero-order valence-electron chi connectivity index (χ0n) is 8.38. The van der Waals surface area contributed by atoms with E-state index in [0.717, 1.165) is 21.4 Å². The van der Waals surface area contributed by atoms with Gasteiger partial charge in [0.25, 0.3) is 0 Å². The molecule has 0 aliphatic rings. The van der Waals surface area contributed by atoms with Gasteiger partial charge in [-0.1, -0.05) is 11.3 Å². The molecule has 0 N–H and O–H groups in total. The molecule has 5 nitrogen and oxygen atoms in total. The lowest BCUT2D eigenvalue weighted by Gasteiger charge is -1.86. The van der Waals surface area contributed by atoms with E-state index in [1.54, 1.807) is 20.5 Å². The van der Waals surface area contributed by atoms with Gasteiger partial charge in [-0.3, -0.25) is 4.68 Å². The maximum atomic E-state index is 4.46. The van der Waals surface area contributed by atoms with Crippen molar-refractivity contribution in [3.05, 3.63) is 23.5 Å². The molecular weight excluding hydrogens is 210 g/mol. The number of imidazole rings is 1. The number of rotatable bonds is 1. The lowest BCUT2D eigenvalue weighted by atomic mass is 10.3. The van der Waals surface area contributed by atoms with Gasteiger partial charge in [0, 0.05) is 13.2 Å². The second-order valence-electron chi connectivity index (χ2n) is 3.35. The number of fused-ring (bicyclic) bond motifs is 1. The zero-order valence-corrected chi connectivity index (χ0v) is 9.19. The lowest BCUT2D eigenvalue weighted by molar-refractivity contribution is 0.770. The van der Waals surface area contributed by atoms with Crippen LogP contribution in [0.15, 0.2) is 18.5 Å². The number of hydrogen-bond donors (Lipinski definition) is 0. The Hall–Kier alpha value is -1.69. The van der Waals surface area contributed by atoms with Crippen molar-refractivity contribution in [2.24, 2.45) is 7.05 Å². The molecule has 0 aromatic carbocycles. The average molecular weight is 219 g/mol. The smallest absolute Gasteiger partial charge is 0.212 e. The molecule has 3 aromatic heterocycles. The molecule has 0 saturated carbocycles. The molecule has 3 heterocycles. The van der Waals surface area contributed by atoms with Gasteiger partial charge in [-0.2, -0.15) is 10.2 Å². The van der Waals surface area contributed by atoms with E-state index in [-0.39, 0.29) is 0 Å². The molecule has 76 valence electrons. The van der Waals surface area contributed by atoms with Crippen molar-refractivity contribution >= 4 is 16.3 Å². The summed E-state index contributed by atoms with van der Waals surface area (Å²) in [7, 11) is 1.89. The maximum Gasteiger partial charge on any atom is 0.212 e. The van der Waals surface area contributed by atoms with E-state index in [1.807, 2.05) is 32.4 Å². The first kappa shape index (κ1) is 8.60. The van der Waals surface area contributed by atoms with Crippen LogP contribution in [0, 0.1) is 6.92 Å². The van der Waals surface area contributed by atoms with E-state index in [9.17, 15) is 0 Å². The summed E-state index contributed by atoms with van der Waals surface area (Å²) in [5, 5.41) is 9.62. The highest BCUT2D eigenvalue weighted by Gasteiger charge is 2.09. The molecule has 0 amide bonds. The third-order valence-electron chi connectivity index (χ3n) is 2.12. The van der Waals surface area contributed by atoms with E-state index in [1.165, 1.54) is 0 Å². The molecule has 0 bridgehead atoms. The van der Waals surface area contributed by atoms with Crippen LogP contribution in [-0.2, 0) is 7.05 Å². The van der Waals surface area contributed by atoms with Crippen LogP contribution in [0.5, 0.6) is 0 Å². The minimum Gasteiger partial charge on any atom is -0.275 e. The predicted octanol–water partition coefficient (Wildman–Crippen LogP) is 1.50. The van der Waals surface area contributed by atoms with E-state index in [2.05, 4.69) is 15.2 Å². The van der Waals surface area contributed by atoms with E-state index < -0.39 is 0 Å². The van der Waals surface area contributed by atoms with Gasteiger partial charge in [0.15, 0.2) is 0 Å². The van der Waals surface area contributed by atoms with Gasteiger partial charge in [-0.05, 0) is 13.0 Å². The Bertz CT molecular complexity index is 586. The third-order valence-corrected chi connectivity index (χ3v) is 2.96. The molecule has 0 fully saturated rings. The fourth-order valence-electron chi connectivity index (χ4n) is 1.47. The van der Waals surface area contributed by atoms with Crippen molar-refractivity contribution in [1.82, 2.24) is 24.4 Å². The molecule has 0 unspecified atom stereocenters. The largest absolute Gasteiger partial charge is 0.275 e. The molecule has 0 aliphatic carbocycles. The molecule has 0 radical (unpaired) electrons. The van der Waals surface area contributed by atoms with Gasteiger partial charge >= 0.3 is 0 Å². The molecule has 3 rings (SSSR count). The van der Waals surface area contributed by atoms with E-state index in [4.69, 9.17) is 0 Å². The fraction of sp³-hybridized carbons (Fsp3) is 0.222. The van der Waals surface area contributed by atoms with E-state index in [0.29, 0.717) is 0 Å². The highest BCUT2D eigenvalue weighted by atomic mass is 32.1. The first-order valence-corrected chi connectivity index (χ1v) is 5.37. The highest BCUT2D eigenvalue weighted by molar-refractivity contribution is 7.16. The van der Waals surface area contributed by atoms with Gasteiger partial charge in [0.05, 0.1) is 6.20 Å². The fourth-order valence-corrected chi connectivity index (χ4v) is 2.20. The molecule has 0 atom stereocenters. The molecule has 0 aliphatic heterocycles. The minimum absolute atomic E-state index is 0.870. The minimum atomic E-state index is 0.870. The van der Waals surface area contributed by atoms with Crippen molar-refractivity contribution in [2.45, 2.75) is 6.92 Å². The van der Waals surface area contributed by atoms with Gasteiger partial charge in [-0.15, -0.1) is 0 Å². The molecule has 3 aromatic rings. The number of nitrogens with zero attached hydrogens (tertiary/aromatic N) is 5. The van der Waals surface area contributed by atoms with Crippen molar-refractivity contribution < 1.29 is 0 Å². The second kappa shape index (κ2) is 2.90. The molecular formula is C9H9N5S. The normalized spacial score (nSPS) is 11.3. The van der Waals surface area contributed by atoms with Gasteiger partial charge in [0.2, 0.25) is 4.96 Å². The Kier molecular flexibility index (Phi) is 1.66. The van der Waals surface area contributed by atoms with Crippen LogP contribution < -0.4 is 0 Å². The van der Waals surface area contributed by atoms with Crippen LogP contribution in [0.25, 0.3) is 16.3 Å². The monoisotopic (exact) mass is 219 g/mol. The Morgan fingerprint density at radius 3 is 2.80 bits per heavy atom. The predicted molar refractivity (Wildman–Crippen MR) is 57.8 cm³/mol. The number of aromatic nitrogens is 5. The molecule has 6 heteroatoms. The summed E-state index contributed by atoms with van der Waals surface area (Å²) < 4.78 is 3.56. The number of hydrogen-bond acceptors (Lipinski definition) is 4. The summed E-state index contributed by atoms with van der Waals surface area (Å²) in [5.41, 5.74) is 1.75. The van der Waals surface area contributed by atoms with Crippen LogP contribution in [0.4, 0.5) is 0 Å². The maximum absolute atomic E-state index is 4.46. The SMILES string of the molecule is Cc1nn2cc(-c3ccn(C)n3)nc2s1. The van der Waals surface area contributed by atoms with Crippen LogP contribution in [0.1, 0.15) is 5.01 Å². The van der Waals surface area contributed by atoms with Crippen LogP contribution >= 0.6 is 11.3 Å². The molecule has 0 spiro atoms. The van der Waals surface area contributed by atoms with Crippen molar-refractivity contribution in [2.75, 3.05) is 0 Å². The Labute approximate surface area is 90.0 Å². The Morgan fingerprint density at radius 2 is 2.13 bits per heavy atom. The van der Waals surface area contributed by atoms with Gasteiger partial charge < -0.3 is 0 Å². The zero-order chi connectivity index (χ0) is 10.4. The highest BCUT2D eigenvalue weighted by Crippen LogP contribution is 2.19. The first-order chi connectivity index (χ1) is 7.22. The molecule has 0 saturated heterocycles. The molecule has 15 heavy (non-hydrogen) atoms.